The average molecular weight is 422 g/mol. The van der Waals surface area contributed by atoms with Gasteiger partial charge in [-0.15, -0.1) is 0 Å². The van der Waals surface area contributed by atoms with Crippen molar-refractivity contribution in [2.24, 2.45) is 0 Å². The number of phenols is 4. The second kappa shape index (κ2) is 8.92. The van der Waals surface area contributed by atoms with E-state index in [4.69, 9.17) is 9.47 Å². The molecule has 0 aliphatic carbocycles. The maximum atomic E-state index is 11.1. The first kappa shape index (κ1) is 21.9. The lowest BCUT2D eigenvalue weighted by Crippen LogP contribution is -1.96. The molecule has 0 atom stereocenters. The highest BCUT2D eigenvalue weighted by molar-refractivity contribution is 5.88. The minimum atomic E-state index is -0.287. The summed E-state index contributed by atoms with van der Waals surface area (Å²) in [6, 6.07) is 11.1. The Hall–Kier alpha value is -3.80. The predicted octanol–water partition coefficient (Wildman–Crippen LogP) is 5.37. The smallest absolute Gasteiger partial charge is 0.170 e. The molecule has 0 spiro atoms. The lowest BCUT2D eigenvalue weighted by Gasteiger charge is -2.18. The SMILES string of the molecule is COc1cc(-c2ccc(O)c(O)c2)c(OC)c(O)c1-c1ccc(O)c(CC=C(C)C)c1. The Morgan fingerprint density at radius 3 is 2.10 bits per heavy atom. The molecule has 0 radical (unpaired) electrons. The summed E-state index contributed by atoms with van der Waals surface area (Å²) in [4.78, 5) is 0. The summed E-state index contributed by atoms with van der Waals surface area (Å²) in [5.41, 5.74) is 3.94. The van der Waals surface area contributed by atoms with Crippen LogP contribution in [0.1, 0.15) is 19.4 Å². The molecular weight excluding hydrogens is 396 g/mol. The highest BCUT2D eigenvalue weighted by atomic mass is 16.5. The van der Waals surface area contributed by atoms with Gasteiger partial charge in [-0.1, -0.05) is 23.8 Å². The summed E-state index contributed by atoms with van der Waals surface area (Å²) >= 11 is 0. The first-order chi connectivity index (χ1) is 14.8. The monoisotopic (exact) mass is 422 g/mol. The highest BCUT2D eigenvalue weighted by Crippen LogP contribution is 2.50. The fourth-order valence-electron chi connectivity index (χ4n) is 3.40. The van der Waals surface area contributed by atoms with Crippen LogP contribution in [0.5, 0.6) is 34.5 Å². The van der Waals surface area contributed by atoms with Gasteiger partial charge in [0.05, 0.1) is 19.8 Å². The van der Waals surface area contributed by atoms with Crippen LogP contribution in [0.15, 0.2) is 54.1 Å². The van der Waals surface area contributed by atoms with Crippen LogP contribution in [0.2, 0.25) is 0 Å². The molecule has 6 nitrogen and oxygen atoms in total. The number of rotatable bonds is 6. The third-order valence-corrected chi connectivity index (χ3v) is 5.03. The number of aromatic hydroxyl groups is 4. The molecule has 31 heavy (non-hydrogen) atoms. The average Bonchev–Trinajstić information content (AvgIpc) is 2.74. The first-order valence-electron chi connectivity index (χ1n) is 9.72. The number of hydrogen-bond donors (Lipinski definition) is 4. The van der Waals surface area contributed by atoms with Crippen molar-refractivity contribution in [1.29, 1.82) is 0 Å². The van der Waals surface area contributed by atoms with E-state index in [0.717, 1.165) is 5.57 Å². The van der Waals surface area contributed by atoms with E-state index >= 15 is 0 Å². The van der Waals surface area contributed by atoms with Crippen molar-refractivity contribution >= 4 is 0 Å². The van der Waals surface area contributed by atoms with Crippen molar-refractivity contribution in [1.82, 2.24) is 0 Å². The van der Waals surface area contributed by atoms with Crippen molar-refractivity contribution in [3.05, 3.63) is 59.7 Å². The molecule has 0 amide bonds. The standard InChI is InChI=1S/C25H26O6/c1-14(2)5-6-16-11-17(8-9-19(16)26)23-22(30-3)13-18(25(31-4)24(23)29)15-7-10-20(27)21(28)12-15/h5,7-13,26-29H,6H2,1-4H3. The molecule has 4 N–H and O–H groups in total. The number of phenolic OH excluding ortho intramolecular Hbond substituents is 4. The minimum absolute atomic E-state index is 0.136. The van der Waals surface area contributed by atoms with Crippen LogP contribution in [-0.4, -0.2) is 34.6 Å². The first-order valence-corrected chi connectivity index (χ1v) is 9.72. The number of allylic oxidation sites excluding steroid dienone is 2. The Kier molecular flexibility index (Phi) is 6.30. The lowest BCUT2D eigenvalue weighted by atomic mass is 9.94. The van der Waals surface area contributed by atoms with Gasteiger partial charge >= 0.3 is 0 Å². The van der Waals surface area contributed by atoms with Gasteiger partial charge in [-0.05, 0) is 67.3 Å². The van der Waals surface area contributed by atoms with E-state index in [9.17, 15) is 20.4 Å². The Labute approximate surface area is 181 Å². The third kappa shape index (κ3) is 4.38. The van der Waals surface area contributed by atoms with Crippen molar-refractivity contribution in [3.63, 3.8) is 0 Å². The van der Waals surface area contributed by atoms with Crippen LogP contribution in [0.4, 0.5) is 0 Å². The van der Waals surface area contributed by atoms with Crippen molar-refractivity contribution < 1.29 is 29.9 Å². The van der Waals surface area contributed by atoms with E-state index in [0.29, 0.717) is 40.0 Å². The zero-order valence-electron chi connectivity index (χ0n) is 17.9. The maximum absolute atomic E-state index is 11.1. The van der Waals surface area contributed by atoms with Crippen molar-refractivity contribution in [3.8, 4) is 56.8 Å². The number of methoxy groups -OCH3 is 2. The molecular formula is C25H26O6. The molecule has 0 fully saturated rings. The molecule has 0 aromatic heterocycles. The van der Waals surface area contributed by atoms with Crippen LogP contribution in [0, 0.1) is 0 Å². The summed E-state index contributed by atoms with van der Waals surface area (Å²) < 4.78 is 11.0. The summed E-state index contributed by atoms with van der Waals surface area (Å²) in [5.74, 6) is 0.0821. The van der Waals surface area contributed by atoms with Crippen LogP contribution in [-0.2, 0) is 6.42 Å². The maximum Gasteiger partial charge on any atom is 0.170 e. The molecule has 162 valence electrons. The molecule has 3 rings (SSSR count). The Morgan fingerprint density at radius 1 is 0.806 bits per heavy atom. The van der Waals surface area contributed by atoms with Gasteiger partial charge in [-0.25, -0.2) is 0 Å². The molecule has 0 aliphatic rings. The third-order valence-electron chi connectivity index (χ3n) is 5.03. The van der Waals surface area contributed by atoms with E-state index in [1.807, 2.05) is 19.9 Å². The molecule has 3 aromatic carbocycles. The molecule has 0 saturated heterocycles. The number of ether oxygens (including phenoxy) is 2. The van der Waals surface area contributed by atoms with Gasteiger partial charge in [0, 0.05) is 5.56 Å². The normalized spacial score (nSPS) is 10.6. The molecule has 3 aromatic rings. The molecule has 0 bridgehead atoms. The zero-order chi connectivity index (χ0) is 22.7. The van der Waals surface area contributed by atoms with Crippen LogP contribution >= 0.6 is 0 Å². The van der Waals surface area contributed by atoms with Gasteiger partial charge in [-0.3, -0.25) is 0 Å². The molecule has 6 heteroatoms. The molecule has 0 aliphatic heterocycles. The molecule has 0 heterocycles. The van der Waals surface area contributed by atoms with Crippen LogP contribution < -0.4 is 9.47 Å². The summed E-state index contributed by atoms with van der Waals surface area (Å²) in [5, 5.41) is 40.8. The van der Waals surface area contributed by atoms with Gasteiger partial charge in [-0.2, -0.15) is 0 Å². The second-order valence-electron chi connectivity index (χ2n) is 7.42. The molecule has 0 saturated carbocycles. The largest absolute Gasteiger partial charge is 0.508 e. The zero-order valence-corrected chi connectivity index (χ0v) is 17.9. The van der Waals surface area contributed by atoms with Gasteiger partial charge in [0.2, 0.25) is 0 Å². The molecule has 0 unspecified atom stereocenters. The topological polar surface area (TPSA) is 99.4 Å². The summed E-state index contributed by atoms with van der Waals surface area (Å²) in [6.45, 7) is 3.97. The fraction of sp³-hybridized carbons (Fsp3) is 0.200. The van der Waals surface area contributed by atoms with E-state index < -0.39 is 0 Å². The predicted molar refractivity (Wildman–Crippen MR) is 120 cm³/mol. The van der Waals surface area contributed by atoms with Crippen molar-refractivity contribution in [2.45, 2.75) is 20.3 Å². The van der Waals surface area contributed by atoms with Gasteiger partial charge < -0.3 is 29.9 Å². The fourth-order valence-corrected chi connectivity index (χ4v) is 3.40. The van der Waals surface area contributed by atoms with Crippen LogP contribution in [0.25, 0.3) is 22.3 Å². The Bertz CT molecular complexity index is 1140. The van der Waals surface area contributed by atoms with Gasteiger partial charge in [0.1, 0.15) is 11.5 Å². The van der Waals surface area contributed by atoms with E-state index in [-0.39, 0.29) is 28.7 Å². The Balaban J connectivity index is 2.21. The lowest BCUT2D eigenvalue weighted by molar-refractivity contribution is 0.369. The quantitative estimate of drug-likeness (QED) is 0.315. The second-order valence-corrected chi connectivity index (χ2v) is 7.42. The summed E-state index contributed by atoms with van der Waals surface area (Å²) in [6.07, 6.45) is 2.56. The summed E-state index contributed by atoms with van der Waals surface area (Å²) in [7, 11) is 2.93. The van der Waals surface area contributed by atoms with Crippen LogP contribution in [0.3, 0.4) is 0 Å². The van der Waals surface area contributed by atoms with Gasteiger partial charge in [0.25, 0.3) is 0 Å². The number of benzene rings is 3. The van der Waals surface area contributed by atoms with E-state index in [1.165, 1.54) is 26.4 Å². The van der Waals surface area contributed by atoms with Gasteiger partial charge in [0.15, 0.2) is 23.0 Å². The van der Waals surface area contributed by atoms with E-state index in [1.54, 1.807) is 30.3 Å². The highest BCUT2D eigenvalue weighted by Gasteiger charge is 2.22. The Morgan fingerprint density at radius 2 is 1.48 bits per heavy atom. The van der Waals surface area contributed by atoms with E-state index in [2.05, 4.69) is 0 Å². The number of hydrogen-bond acceptors (Lipinski definition) is 6. The minimum Gasteiger partial charge on any atom is -0.508 e. The van der Waals surface area contributed by atoms with Crippen molar-refractivity contribution in [2.75, 3.05) is 14.2 Å².